The van der Waals surface area contributed by atoms with Crippen LogP contribution in [0.4, 0.5) is 13.2 Å². The highest BCUT2D eigenvalue weighted by Gasteiger charge is 2.25. The van der Waals surface area contributed by atoms with Gasteiger partial charge >= 0.3 is 6.18 Å². The Morgan fingerprint density at radius 1 is 0.536 bits per heavy atom. The number of hydrogen-bond acceptors (Lipinski definition) is 2. The first-order valence-electron chi connectivity index (χ1n) is 11.7. The zero-order valence-electron chi connectivity index (χ0n) is 18.5. The number of unbranched alkanes of at least 4 members (excludes halogenated alkanes) is 14. The quantitative estimate of drug-likeness (QED) is 0.177. The normalized spacial score (nSPS) is 12.2. The van der Waals surface area contributed by atoms with Crippen molar-refractivity contribution in [1.29, 1.82) is 0 Å². The minimum Gasteiger partial charge on any atom is -0.379 e. The molecular formula is C23H45F3O2. The third kappa shape index (κ3) is 25.7. The number of halogens is 3. The average Bonchev–Trinajstić information content (AvgIpc) is 2.61. The van der Waals surface area contributed by atoms with E-state index in [2.05, 4.69) is 0 Å². The molecule has 5 heteroatoms. The number of alkyl halides is 3. The fourth-order valence-electron chi connectivity index (χ4n) is 3.27. The maximum absolute atomic E-state index is 12.0. The van der Waals surface area contributed by atoms with Crippen LogP contribution in [0.3, 0.4) is 0 Å². The van der Waals surface area contributed by atoms with Gasteiger partial charge in [-0.15, -0.1) is 0 Å². The molecular weight excluding hydrogens is 365 g/mol. The zero-order valence-corrected chi connectivity index (χ0v) is 18.5. The van der Waals surface area contributed by atoms with Gasteiger partial charge in [-0.25, -0.2) is 0 Å². The first-order valence-corrected chi connectivity index (χ1v) is 11.7. The van der Waals surface area contributed by atoms with Crippen LogP contribution >= 0.6 is 0 Å². The maximum atomic E-state index is 12.0. The molecule has 0 aliphatic carbocycles. The Hall–Kier alpha value is -0.290. The number of hydrogen-bond donors (Lipinski definition) is 0. The Labute approximate surface area is 171 Å². The van der Waals surface area contributed by atoms with Crippen molar-refractivity contribution < 1.29 is 22.6 Å². The van der Waals surface area contributed by atoms with E-state index < -0.39 is 12.6 Å². The molecule has 0 radical (unpaired) electrons. The third-order valence-electron chi connectivity index (χ3n) is 4.93. The lowest BCUT2D eigenvalue weighted by Gasteiger charge is -2.08. The summed E-state index contributed by atoms with van der Waals surface area (Å²) < 4.78 is 47.0. The van der Waals surface area contributed by atoms with Gasteiger partial charge in [-0.05, 0) is 26.7 Å². The molecule has 0 fully saturated rings. The first kappa shape index (κ1) is 27.7. The molecule has 0 aromatic rings. The summed E-state index contributed by atoms with van der Waals surface area (Å²) in [7, 11) is 0. The molecule has 0 amide bonds. The van der Waals surface area contributed by atoms with Crippen LogP contribution < -0.4 is 0 Å². The molecule has 170 valence electrons. The van der Waals surface area contributed by atoms with Gasteiger partial charge in [0.25, 0.3) is 0 Å². The van der Waals surface area contributed by atoms with E-state index in [0.717, 1.165) is 32.3 Å². The third-order valence-corrected chi connectivity index (χ3v) is 4.93. The first-order chi connectivity index (χ1) is 13.4. The molecule has 0 rings (SSSR count). The van der Waals surface area contributed by atoms with Crippen LogP contribution in [-0.2, 0) is 9.47 Å². The van der Waals surface area contributed by atoms with Crippen molar-refractivity contribution in [2.75, 3.05) is 19.8 Å². The van der Waals surface area contributed by atoms with Crippen LogP contribution in [0.15, 0.2) is 0 Å². The molecule has 0 spiro atoms. The molecule has 0 N–H and O–H groups in total. The van der Waals surface area contributed by atoms with E-state index >= 15 is 0 Å². The Morgan fingerprint density at radius 3 is 1.32 bits per heavy atom. The van der Waals surface area contributed by atoms with Gasteiger partial charge in [-0.2, -0.15) is 13.2 Å². The largest absolute Gasteiger partial charge is 0.389 e. The Morgan fingerprint density at radius 2 is 0.929 bits per heavy atom. The van der Waals surface area contributed by atoms with Gasteiger partial charge in [-0.1, -0.05) is 83.5 Å². The lowest BCUT2D eigenvalue weighted by atomic mass is 10.0. The van der Waals surface area contributed by atoms with E-state index in [1.807, 2.05) is 13.8 Å². The van der Waals surface area contributed by atoms with Crippen molar-refractivity contribution in [1.82, 2.24) is 0 Å². The van der Waals surface area contributed by atoms with Crippen molar-refractivity contribution in [3.63, 3.8) is 0 Å². The van der Waals surface area contributed by atoms with Crippen molar-refractivity contribution in [2.45, 2.75) is 129 Å². The lowest BCUT2D eigenvalue weighted by Crippen LogP contribution is -2.10. The van der Waals surface area contributed by atoms with Gasteiger partial charge in [0.1, 0.15) is 0 Å². The average molecular weight is 411 g/mol. The lowest BCUT2D eigenvalue weighted by molar-refractivity contribution is -0.135. The molecule has 0 aliphatic rings. The molecule has 0 aliphatic heterocycles. The summed E-state index contributed by atoms with van der Waals surface area (Å²) in [5, 5.41) is 0. The molecule has 0 bridgehead atoms. The Bertz CT molecular complexity index is 307. The predicted octanol–water partition coefficient (Wildman–Crippen LogP) is 8.23. The van der Waals surface area contributed by atoms with Gasteiger partial charge < -0.3 is 9.47 Å². The van der Waals surface area contributed by atoms with Gasteiger partial charge in [0, 0.05) is 13.0 Å². The van der Waals surface area contributed by atoms with Crippen molar-refractivity contribution in [3.8, 4) is 0 Å². The summed E-state index contributed by atoms with van der Waals surface area (Å²) in [4.78, 5) is 0. The summed E-state index contributed by atoms with van der Waals surface area (Å²) >= 11 is 0. The van der Waals surface area contributed by atoms with Crippen LogP contribution in [0.5, 0.6) is 0 Å². The SMILES string of the molecule is CC(C)OCCOCCCCCCCCCCCCCCCCCC(F)(F)F. The fourth-order valence-corrected chi connectivity index (χ4v) is 3.27. The highest BCUT2D eigenvalue weighted by atomic mass is 19.4. The van der Waals surface area contributed by atoms with Gasteiger partial charge in [0.05, 0.1) is 19.3 Å². The van der Waals surface area contributed by atoms with E-state index in [9.17, 15) is 13.2 Å². The second-order valence-corrected chi connectivity index (χ2v) is 8.20. The van der Waals surface area contributed by atoms with Crippen LogP contribution in [0.1, 0.15) is 117 Å². The van der Waals surface area contributed by atoms with Crippen molar-refractivity contribution in [2.24, 2.45) is 0 Å². The van der Waals surface area contributed by atoms with E-state index in [0.29, 0.717) is 19.6 Å². The minimum atomic E-state index is -3.98. The van der Waals surface area contributed by atoms with Gasteiger partial charge in [0.15, 0.2) is 0 Å². The van der Waals surface area contributed by atoms with E-state index in [1.165, 1.54) is 64.2 Å². The fraction of sp³-hybridized carbons (Fsp3) is 1.00. The van der Waals surface area contributed by atoms with Crippen LogP contribution in [0.2, 0.25) is 0 Å². The second kappa shape index (κ2) is 20.0. The summed E-state index contributed by atoms with van der Waals surface area (Å²) in [6, 6.07) is 0. The standard InChI is InChI=1S/C23H45F3O2/c1-22(2)28-21-20-27-19-17-15-13-11-9-7-5-3-4-6-8-10-12-14-16-18-23(24,25)26/h22H,3-21H2,1-2H3. The number of ether oxygens (including phenoxy) is 2. The van der Waals surface area contributed by atoms with E-state index in [-0.39, 0.29) is 6.10 Å². The maximum Gasteiger partial charge on any atom is 0.389 e. The second-order valence-electron chi connectivity index (χ2n) is 8.20. The molecule has 0 saturated carbocycles. The summed E-state index contributed by atoms with van der Waals surface area (Å²) in [5.41, 5.74) is 0. The summed E-state index contributed by atoms with van der Waals surface area (Å²) in [6.45, 7) is 6.32. The van der Waals surface area contributed by atoms with Crippen molar-refractivity contribution in [3.05, 3.63) is 0 Å². The Kier molecular flexibility index (Phi) is 19.8. The molecule has 0 aromatic carbocycles. The molecule has 0 aromatic heterocycles. The monoisotopic (exact) mass is 410 g/mol. The highest BCUT2D eigenvalue weighted by Crippen LogP contribution is 2.23. The van der Waals surface area contributed by atoms with Crippen LogP contribution in [-0.4, -0.2) is 32.1 Å². The topological polar surface area (TPSA) is 18.5 Å². The molecule has 28 heavy (non-hydrogen) atoms. The minimum absolute atomic E-state index is 0.285. The molecule has 0 saturated heterocycles. The van der Waals surface area contributed by atoms with Gasteiger partial charge in [0.2, 0.25) is 0 Å². The summed E-state index contributed by atoms with van der Waals surface area (Å²) in [5.74, 6) is 0. The predicted molar refractivity (Wildman–Crippen MR) is 112 cm³/mol. The van der Waals surface area contributed by atoms with E-state index in [1.54, 1.807) is 0 Å². The zero-order chi connectivity index (χ0) is 20.9. The molecule has 0 unspecified atom stereocenters. The molecule has 0 heterocycles. The smallest absolute Gasteiger partial charge is 0.379 e. The summed E-state index contributed by atoms with van der Waals surface area (Å²) in [6.07, 6.45) is 12.8. The highest BCUT2D eigenvalue weighted by molar-refractivity contribution is 4.53. The van der Waals surface area contributed by atoms with E-state index in [4.69, 9.17) is 9.47 Å². The van der Waals surface area contributed by atoms with Gasteiger partial charge in [-0.3, -0.25) is 0 Å². The molecule has 0 atom stereocenters. The van der Waals surface area contributed by atoms with Crippen LogP contribution in [0, 0.1) is 0 Å². The Balaban J connectivity index is 3.03. The number of rotatable bonds is 21. The molecule has 2 nitrogen and oxygen atoms in total. The van der Waals surface area contributed by atoms with Crippen molar-refractivity contribution >= 4 is 0 Å². The van der Waals surface area contributed by atoms with Crippen LogP contribution in [0.25, 0.3) is 0 Å².